The highest BCUT2D eigenvalue weighted by Gasteiger charge is 2.49. The molecule has 5 heteroatoms. The number of amides is 1. The molecule has 1 spiro atoms. The number of ether oxygens (including phenoxy) is 2. The van der Waals surface area contributed by atoms with Crippen LogP contribution in [0.5, 0.6) is 0 Å². The van der Waals surface area contributed by atoms with Gasteiger partial charge in [0.25, 0.3) is 0 Å². The van der Waals surface area contributed by atoms with Gasteiger partial charge in [-0.2, -0.15) is 0 Å². The fourth-order valence-electron chi connectivity index (χ4n) is 3.02. The average molecular weight is 271 g/mol. The van der Waals surface area contributed by atoms with Gasteiger partial charge < -0.3 is 14.6 Å². The highest BCUT2D eigenvalue weighted by atomic mass is 16.6. The number of rotatable bonds is 0. The minimum atomic E-state index is -0.617. The normalized spacial score (nSPS) is 32.4. The van der Waals surface area contributed by atoms with Crippen LogP contribution in [-0.2, 0) is 9.47 Å². The maximum absolute atomic E-state index is 12.4. The van der Waals surface area contributed by atoms with Gasteiger partial charge in [0.15, 0.2) is 0 Å². The van der Waals surface area contributed by atoms with Crippen LogP contribution in [0.15, 0.2) is 0 Å². The van der Waals surface area contributed by atoms with Crippen molar-refractivity contribution in [1.29, 1.82) is 0 Å². The molecule has 0 aromatic rings. The van der Waals surface area contributed by atoms with Crippen LogP contribution in [0.3, 0.4) is 0 Å². The second-order valence-corrected chi connectivity index (χ2v) is 6.53. The van der Waals surface area contributed by atoms with E-state index >= 15 is 0 Å². The first-order valence-corrected chi connectivity index (χ1v) is 7.12. The Bertz CT molecular complexity index is 333. The van der Waals surface area contributed by atoms with Crippen molar-refractivity contribution >= 4 is 6.09 Å². The predicted molar refractivity (Wildman–Crippen MR) is 71.0 cm³/mol. The molecule has 1 amide bonds. The Morgan fingerprint density at radius 2 is 2.11 bits per heavy atom. The maximum atomic E-state index is 12.4. The summed E-state index contributed by atoms with van der Waals surface area (Å²) in [6, 6.07) is 0. The largest absolute Gasteiger partial charge is 0.444 e. The molecule has 1 N–H and O–H groups in total. The van der Waals surface area contributed by atoms with Crippen molar-refractivity contribution in [1.82, 2.24) is 4.90 Å². The second kappa shape index (κ2) is 5.29. The fourth-order valence-corrected chi connectivity index (χ4v) is 3.02. The first-order valence-electron chi connectivity index (χ1n) is 7.12. The summed E-state index contributed by atoms with van der Waals surface area (Å²) in [6.45, 7) is 7.15. The average Bonchev–Trinajstić information content (AvgIpc) is 2.31. The number of carbonyl (C=O) groups excluding carboxylic acids is 1. The lowest BCUT2D eigenvalue weighted by Crippen LogP contribution is -2.64. The molecule has 19 heavy (non-hydrogen) atoms. The first-order chi connectivity index (χ1) is 8.85. The van der Waals surface area contributed by atoms with Crippen LogP contribution in [0.25, 0.3) is 0 Å². The SMILES string of the molecule is CC(C)(C)OC(=O)N1CCCCC12CCOCC2O. The standard InChI is InChI=1S/C14H25NO4/c1-13(2,3)19-12(17)15-8-5-4-6-14(15)7-9-18-10-11(14)16/h11,16H,4-10H2,1-3H3. The van der Waals surface area contributed by atoms with E-state index in [2.05, 4.69) is 0 Å². The molecule has 2 fully saturated rings. The van der Waals surface area contributed by atoms with Crippen molar-refractivity contribution in [2.75, 3.05) is 19.8 Å². The zero-order valence-electron chi connectivity index (χ0n) is 12.1. The number of likely N-dealkylation sites (tertiary alicyclic amines) is 1. The van der Waals surface area contributed by atoms with Crippen LogP contribution in [0, 0.1) is 0 Å². The lowest BCUT2D eigenvalue weighted by molar-refractivity contribution is -0.131. The molecule has 0 saturated carbocycles. The molecule has 2 unspecified atom stereocenters. The third kappa shape index (κ3) is 3.03. The second-order valence-electron chi connectivity index (χ2n) is 6.53. The van der Waals surface area contributed by atoms with Gasteiger partial charge in [0.05, 0.1) is 12.1 Å². The van der Waals surface area contributed by atoms with E-state index in [0.29, 0.717) is 26.2 Å². The van der Waals surface area contributed by atoms with Gasteiger partial charge in [-0.1, -0.05) is 0 Å². The van der Waals surface area contributed by atoms with Crippen LogP contribution in [-0.4, -0.2) is 53.1 Å². The minimum absolute atomic E-state index is 0.305. The van der Waals surface area contributed by atoms with Gasteiger partial charge in [-0.3, -0.25) is 4.90 Å². The van der Waals surface area contributed by atoms with Crippen LogP contribution < -0.4 is 0 Å². The molecule has 0 aliphatic carbocycles. The van der Waals surface area contributed by atoms with Crippen molar-refractivity contribution in [3.63, 3.8) is 0 Å². The van der Waals surface area contributed by atoms with E-state index < -0.39 is 17.2 Å². The number of hydrogen-bond acceptors (Lipinski definition) is 4. The zero-order chi connectivity index (χ0) is 14.1. The fraction of sp³-hybridized carbons (Fsp3) is 0.929. The first kappa shape index (κ1) is 14.6. The highest BCUT2D eigenvalue weighted by Crippen LogP contribution is 2.37. The smallest absolute Gasteiger partial charge is 0.410 e. The summed E-state index contributed by atoms with van der Waals surface area (Å²) in [5.41, 5.74) is -0.995. The molecule has 110 valence electrons. The monoisotopic (exact) mass is 271 g/mol. The lowest BCUT2D eigenvalue weighted by Gasteiger charge is -2.51. The summed E-state index contributed by atoms with van der Waals surface area (Å²) >= 11 is 0. The Hall–Kier alpha value is -0.810. The van der Waals surface area contributed by atoms with Crippen LogP contribution in [0.1, 0.15) is 46.5 Å². The molecular weight excluding hydrogens is 246 g/mol. The summed E-state index contributed by atoms with van der Waals surface area (Å²) in [7, 11) is 0. The Morgan fingerprint density at radius 3 is 2.74 bits per heavy atom. The minimum Gasteiger partial charge on any atom is -0.444 e. The Morgan fingerprint density at radius 1 is 1.37 bits per heavy atom. The van der Waals surface area contributed by atoms with E-state index in [1.54, 1.807) is 4.90 Å². The number of hydrogen-bond donors (Lipinski definition) is 1. The summed E-state index contributed by atoms with van der Waals surface area (Å²) in [4.78, 5) is 14.1. The van der Waals surface area contributed by atoms with E-state index in [1.165, 1.54) is 0 Å². The number of aliphatic hydroxyl groups excluding tert-OH is 1. The van der Waals surface area contributed by atoms with Gasteiger partial charge in [0, 0.05) is 13.2 Å². The third-order valence-electron chi connectivity index (χ3n) is 3.97. The van der Waals surface area contributed by atoms with E-state index in [4.69, 9.17) is 9.47 Å². The predicted octanol–water partition coefficient (Wildman–Crippen LogP) is 1.93. The molecule has 0 aromatic heterocycles. The molecule has 0 radical (unpaired) electrons. The summed E-state index contributed by atoms with van der Waals surface area (Å²) < 4.78 is 10.8. The Kier molecular flexibility index (Phi) is 4.06. The summed E-state index contributed by atoms with van der Waals surface area (Å²) in [5.74, 6) is 0. The van der Waals surface area contributed by atoms with Gasteiger partial charge >= 0.3 is 6.09 Å². The van der Waals surface area contributed by atoms with Gasteiger partial charge in [-0.25, -0.2) is 4.79 Å². The topological polar surface area (TPSA) is 59.0 Å². The number of nitrogens with zero attached hydrogens (tertiary/aromatic N) is 1. The van der Waals surface area contributed by atoms with E-state index in [9.17, 15) is 9.90 Å². The van der Waals surface area contributed by atoms with Crippen molar-refractivity contribution in [2.45, 2.75) is 63.7 Å². The Labute approximate surface area is 114 Å². The highest BCUT2D eigenvalue weighted by molar-refractivity contribution is 5.69. The molecular formula is C14H25NO4. The van der Waals surface area contributed by atoms with Crippen molar-refractivity contribution in [2.24, 2.45) is 0 Å². The van der Waals surface area contributed by atoms with Gasteiger partial charge in [-0.05, 0) is 46.5 Å². The van der Waals surface area contributed by atoms with Crippen LogP contribution >= 0.6 is 0 Å². The van der Waals surface area contributed by atoms with Gasteiger partial charge in [-0.15, -0.1) is 0 Å². The van der Waals surface area contributed by atoms with E-state index in [-0.39, 0.29) is 6.09 Å². The summed E-state index contributed by atoms with van der Waals surface area (Å²) in [6.07, 6.45) is 2.59. The number of carbonyl (C=O) groups is 1. The lowest BCUT2D eigenvalue weighted by atomic mass is 9.78. The Balaban J connectivity index is 2.17. The molecule has 2 atom stereocenters. The van der Waals surface area contributed by atoms with E-state index in [0.717, 1.165) is 19.3 Å². The molecule has 0 bridgehead atoms. The van der Waals surface area contributed by atoms with Crippen LogP contribution in [0.2, 0.25) is 0 Å². The maximum Gasteiger partial charge on any atom is 0.410 e. The molecule has 0 aromatic carbocycles. The third-order valence-corrected chi connectivity index (χ3v) is 3.97. The number of aliphatic hydroxyl groups is 1. The van der Waals surface area contributed by atoms with E-state index in [1.807, 2.05) is 20.8 Å². The van der Waals surface area contributed by atoms with Crippen molar-refractivity contribution in [3.05, 3.63) is 0 Å². The van der Waals surface area contributed by atoms with Gasteiger partial charge in [0.1, 0.15) is 11.7 Å². The van der Waals surface area contributed by atoms with Gasteiger partial charge in [0.2, 0.25) is 0 Å². The molecule has 2 aliphatic rings. The number of piperidine rings is 1. The molecule has 2 rings (SSSR count). The quantitative estimate of drug-likeness (QED) is 0.731. The molecule has 5 nitrogen and oxygen atoms in total. The van der Waals surface area contributed by atoms with Crippen molar-refractivity contribution in [3.8, 4) is 0 Å². The zero-order valence-corrected chi connectivity index (χ0v) is 12.1. The molecule has 2 saturated heterocycles. The molecule has 2 heterocycles. The molecule has 2 aliphatic heterocycles. The van der Waals surface area contributed by atoms with Crippen molar-refractivity contribution < 1.29 is 19.4 Å². The van der Waals surface area contributed by atoms with Crippen LogP contribution in [0.4, 0.5) is 4.79 Å². The summed E-state index contributed by atoms with van der Waals surface area (Å²) in [5, 5.41) is 10.3.